The third kappa shape index (κ3) is 3.18. The van der Waals surface area contributed by atoms with Crippen LogP contribution in [-0.2, 0) is 11.8 Å². The van der Waals surface area contributed by atoms with Crippen LogP contribution in [0.4, 0.5) is 0 Å². The first-order valence-corrected chi connectivity index (χ1v) is 15.5. The van der Waals surface area contributed by atoms with E-state index >= 15 is 0 Å². The summed E-state index contributed by atoms with van der Waals surface area (Å²) in [4.78, 5) is 0. The van der Waals surface area contributed by atoms with E-state index in [1.807, 2.05) is 0 Å². The summed E-state index contributed by atoms with van der Waals surface area (Å²) in [5.74, 6) is 6.23. The first kappa shape index (κ1) is 21.2. The molecule has 0 N–H and O–H groups in total. The second-order valence-electron chi connectivity index (χ2n) is 15.2. The van der Waals surface area contributed by atoms with E-state index in [0.29, 0.717) is 10.8 Å². The van der Waals surface area contributed by atoms with Crippen LogP contribution in [0.5, 0.6) is 0 Å². The molecule has 36 heavy (non-hydrogen) atoms. The fourth-order valence-corrected chi connectivity index (χ4v) is 12.3. The van der Waals surface area contributed by atoms with E-state index < -0.39 is 0 Å². The summed E-state index contributed by atoms with van der Waals surface area (Å²) in [7, 11) is 0. The summed E-state index contributed by atoms with van der Waals surface area (Å²) in [6.45, 7) is 0. The van der Waals surface area contributed by atoms with Crippen LogP contribution in [0.25, 0.3) is 17.2 Å². The first-order chi connectivity index (χ1) is 17.6. The molecule has 0 heteroatoms. The molecule has 0 saturated heterocycles. The van der Waals surface area contributed by atoms with Crippen molar-refractivity contribution in [1.82, 2.24) is 0 Å². The predicted molar refractivity (Wildman–Crippen MR) is 149 cm³/mol. The van der Waals surface area contributed by atoms with Gasteiger partial charge in [-0.2, -0.15) is 0 Å². The van der Waals surface area contributed by atoms with Crippen molar-refractivity contribution in [2.45, 2.75) is 95.3 Å². The lowest BCUT2D eigenvalue weighted by molar-refractivity contribution is -0.0521. The molecule has 0 spiro atoms. The number of rotatable bonds is 4. The van der Waals surface area contributed by atoms with E-state index in [1.54, 1.807) is 41.5 Å². The number of benzene rings is 2. The highest BCUT2D eigenvalue weighted by atomic mass is 14.6. The number of allylic oxidation sites excluding steroid dienone is 1. The van der Waals surface area contributed by atoms with Crippen LogP contribution in [-0.4, -0.2) is 0 Å². The Labute approximate surface area is 218 Å². The van der Waals surface area contributed by atoms with Crippen molar-refractivity contribution in [2.75, 3.05) is 0 Å². The molecule has 0 nitrogen and oxygen atoms in total. The van der Waals surface area contributed by atoms with Crippen LogP contribution >= 0.6 is 0 Å². The molecule has 186 valence electrons. The average molecular weight is 475 g/mol. The monoisotopic (exact) mass is 474 g/mol. The molecule has 0 heterocycles. The SMILES string of the molecule is C1=C(CC23CC4CC(CC(C4)C2)C3)Cc2cccc(-c3ccc(C45CC6CC(CC(C6)C4)C5)cc3)c21. The minimum Gasteiger partial charge on any atom is -0.0646 e. The van der Waals surface area contributed by atoms with Gasteiger partial charge in [-0.1, -0.05) is 54.1 Å². The third-order valence-electron chi connectivity index (χ3n) is 12.6. The van der Waals surface area contributed by atoms with Crippen molar-refractivity contribution in [3.63, 3.8) is 0 Å². The van der Waals surface area contributed by atoms with E-state index in [4.69, 9.17) is 0 Å². The van der Waals surface area contributed by atoms with Gasteiger partial charge in [-0.3, -0.25) is 0 Å². The molecule has 0 radical (unpaired) electrons. The Balaban J connectivity index is 1.00. The lowest BCUT2D eigenvalue weighted by Crippen LogP contribution is -2.48. The van der Waals surface area contributed by atoms with Crippen molar-refractivity contribution in [2.24, 2.45) is 40.9 Å². The maximum Gasteiger partial charge on any atom is -0.00391 e. The Hall–Kier alpha value is -1.82. The molecule has 8 fully saturated rings. The van der Waals surface area contributed by atoms with Gasteiger partial charge in [0.1, 0.15) is 0 Å². The van der Waals surface area contributed by atoms with Crippen LogP contribution in [0.1, 0.15) is 100 Å². The zero-order chi connectivity index (χ0) is 23.5. The predicted octanol–water partition coefficient (Wildman–Crippen LogP) is 9.37. The largest absolute Gasteiger partial charge is 0.0646 e. The smallest absolute Gasteiger partial charge is 0.00391 e. The van der Waals surface area contributed by atoms with Gasteiger partial charge in [0.05, 0.1) is 0 Å². The zero-order valence-corrected chi connectivity index (χ0v) is 22.0. The van der Waals surface area contributed by atoms with Crippen molar-refractivity contribution >= 4 is 6.08 Å². The molecule has 9 aliphatic carbocycles. The second-order valence-corrected chi connectivity index (χ2v) is 15.2. The lowest BCUT2D eigenvalue weighted by Gasteiger charge is -2.57. The number of fused-ring (bicyclic) bond motifs is 1. The Kier molecular flexibility index (Phi) is 4.34. The molecule has 0 amide bonds. The first-order valence-electron chi connectivity index (χ1n) is 15.5. The van der Waals surface area contributed by atoms with Crippen molar-refractivity contribution in [1.29, 1.82) is 0 Å². The van der Waals surface area contributed by atoms with Gasteiger partial charge in [0.15, 0.2) is 0 Å². The normalized spacial score (nSPS) is 43.2. The second kappa shape index (κ2) is 7.39. The molecule has 8 saturated carbocycles. The highest BCUT2D eigenvalue weighted by molar-refractivity contribution is 5.81. The Morgan fingerprint density at radius 3 is 1.75 bits per heavy atom. The summed E-state index contributed by atoms with van der Waals surface area (Å²) in [5, 5.41) is 0. The van der Waals surface area contributed by atoms with E-state index in [0.717, 1.165) is 35.5 Å². The molecule has 2 aromatic rings. The number of hydrogen-bond acceptors (Lipinski definition) is 0. The molecule has 8 bridgehead atoms. The van der Waals surface area contributed by atoms with Crippen molar-refractivity contribution in [3.8, 4) is 11.1 Å². The van der Waals surface area contributed by atoms with Gasteiger partial charge in [-0.25, -0.2) is 0 Å². The van der Waals surface area contributed by atoms with Gasteiger partial charge in [0, 0.05) is 0 Å². The Morgan fingerprint density at radius 1 is 0.611 bits per heavy atom. The van der Waals surface area contributed by atoms with Gasteiger partial charge in [0.2, 0.25) is 0 Å². The maximum atomic E-state index is 2.64. The highest BCUT2D eigenvalue weighted by Gasteiger charge is 2.52. The summed E-state index contributed by atoms with van der Waals surface area (Å²) in [6, 6.07) is 17.2. The zero-order valence-electron chi connectivity index (χ0n) is 22.0. The Morgan fingerprint density at radius 2 is 1.17 bits per heavy atom. The maximum absolute atomic E-state index is 2.64. The van der Waals surface area contributed by atoms with E-state index in [1.165, 1.54) is 81.8 Å². The van der Waals surface area contributed by atoms with Crippen LogP contribution in [0.15, 0.2) is 48.0 Å². The molecular weight excluding hydrogens is 432 g/mol. The summed E-state index contributed by atoms with van der Waals surface area (Å²) < 4.78 is 0. The Bertz CT molecular complexity index is 1170. The topological polar surface area (TPSA) is 0 Å². The molecule has 9 aliphatic rings. The fraction of sp³-hybridized carbons (Fsp3) is 0.611. The lowest BCUT2D eigenvalue weighted by atomic mass is 9.48. The molecular formula is C36H42. The fourth-order valence-electron chi connectivity index (χ4n) is 12.3. The minimum absolute atomic E-state index is 0.511. The molecule has 0 atom stereocenters. The van der Waals surface area contributed by atoms with E-state index in [2.05, 4.69) is 48.5 Å². The number of hydrogen-bond donors (Lipinski definition) is 0. The molecule has 0 aromatic heterocycles. The van der Waals surface area contributed by atoms with Gasteiger partial charge in [-0.15, -0.1) is 0 Å². The summed E-state index contributed by atoms with van der Waals surface area (Å²) in [6.07, 6.45) is 23.5. The van der Waals surface area contributed by atoms with Crippen LogP contribution in [0.3, 0.4) is 0 Å². The molecule has 0 unspecified atom stereocenters. The van der Waals surface area contributed by atoms with Crippen LogP contribution in [0, 0.1) is 40.9 Å². The highest BCUT2D eigenvalue weighted by Crippen LogP contribution is 2.63. The van der Waals surface area contributed by atoms with Gasteiger partial charge in [-0.05, 0) is 164 Å². The minimum atomic E-state index is 0.511. The van der Waals surface area contributed by atoms with Crippen molar-refractivity contribution < 1.29 is 0 Å². The third-order valence-corrected chi connectivity index (χ3v) is 12.6. The van der Waals surface area contributed by atoms with Crippen LogP contribution in [0.2, 0.25) is 0 Å². The summed E-state index contributed by atoms with van der Waals surface area (Å²) >= 11 is 0. The van der Waals surface area contributed by atoms with E-state index in [9.17, 15) is 0 Å². The van der Waals surface area contributed by atoms with Gasteiger partial charge < -0.3 is 0 Å². The van der Waals surface area contributed by atoms with Gasteiger partial charge >= 0.3 is 0 Å². The molecule has 11 rings (SSSR count). The van der Waals surface area contributed by atoms with E-state index in [-0.39, 0.29) is 0 Å². The van der Waals surface area contributed by atoms with Crippen LogP contribution < -0.4 is 0 Å². The molecule has 2 aromatic carbocycles. The average Bonchev–Trinajstić information content (AvgIpc) is 3.24. The summed E-state index contributed by atoms with van der Waals surface area (Å²) in [5.41, 5.74) is 10.6. The quantitative estimate of drug-likeness (QED) is 0.414. The molecule has 0 aliphatic heterocycles. The standard InChI is InChI=1S/C36H42/c1-2-31-14-29(19-35-16-23-8-24(17-35)10-25(9-23)18-35)15-34(31)33(3-1)30-4-6-32(7-5-30)36-20-26-11-27(21-36)13-28(12-26)22-36/h1-7,15,23-28H,8-14,16-22H2. The van der Waals surface area contributed by atoms with Crippen molar-refractivity contribution in [3.05, 3.63) is 64.7 Å². The van der Waals surface area contributed by atoms with Gasteiger partial charge in [0.25, 0.3) is 0 Å².